The molecule has 3 atom stereocenters. The van der Waals surface area contributed by atoms with Gasteiger partial charge < -0.3 is 4.90 Å². The maximum atomic E-state index is 2.67. The molecule has 14 heavy (non-hydrogen) atoms. The first-order valence-corrected chi connectivity index (χ1v) is 6.12. The molecule has 0 aliphatic carbocycles. The molecule has 2 aliphatic heterocycles. The van der Waals surface area contributed by atoms with E-state index in [-0.39, 0.29) is 0 Å². The van der Waals surface area contributed by atoms with Gasteiger partial charge in [-0.2, -0.15) is 0 Å². The van der Waals surface area contributed by atoms with Crippen molar-refractivity contribution in [2.24, 2.45) is 5.92 Å². The standard InChI is InChI=1S/C12H24N2/c1-4-5-11-7-6-10-8-13(2)9-12(10)14(11)3/h10-12H,4-9H2,1-3H3. The molecule has 2 fully saturated rings. The summed E-state index contributed by atoms with van der Waals surface area (Å²) in [5.74, 6) is 0.957. The summed E-state index contributed by atoms with van der Waals surface area (Å²) in [6.45, 7) is 4.93. The van der Waals surface area contributed by atoms with Gasteiger partial charge in [0.25, 0.3) is 0 Å². The minimum Gasteiger partial charge on any atom is -0.304 e. The summed E-state index contributed by atoms with van der Waals surface area (Å²) in [6, 6.07) is 1.72. The van der Waals surface area contributed by atoms with E-state index in [9.17, 15) is 0 Å². The van der Waals surface area contributed by atoms with Crippen LogP contribution in [0.25, 0.3) is 0 Å². The highest BCUT2D eigenvalue weighted by atomic mass is 15.3. The molecular formula is C12H24N2. The molecule has 0 N–H and O–H groups in total. The average molecular weight is 196 g/mol. The fraction of sp³-hybridized carbons (Fsp3) is 1.00. The van der Waals surface area contributed by atoms with Crippen molar-refractivity contribution < 1.29 is 0 Å². The molecule has 2 aliphatic rings. The molecule has 82 valence electrons. The van der Waals surface area contributed by atoms with Gasteiger partial charge in [-0.1, -0.05) is 13.3 Å². The fourth-order valence-corrected chi connectivity index (χ4v) is 3.37. The fourth-order valence-electron chi connectivity index (χ4n) is 3.37. The second kappa shape index (κ2) is 4.19. The average Bonchev–Trinajstić information content (AvgIpc) is 2.52. The molecule has 2 saturated heterocycles. The zero-order chi connectivity index (χ0) is 10.1. The van der Waals surface area contributed by atoms with Crippen molar-refractivity contribution in [1.29, 1.82) is 0 Å². The summed E-state index contributed by atoms with van der Waals surface area (Å²) in [5.41, 5.74) is 0. The number of hydrogen-bond acceptors (Lipinski definition) is 2. The lowest BCUT2D eigenvalue weighted by Gasteiger charge is -2.41. The van der Waals surface area contributed by atoms with Gasteiger partial charge in [-0.05, 0) is 39.3 Å². The Balaban J connectivity index is 1.98. The van der Waals surface area contributed by atoms with E-state index in [1.807, 2.05) is 0 Å². The second-order valence-corrected chi connectivity index (χ2v) is 5.23. The molecule has 2 heterocycles. The number of piperidine rings is 1. The molecule has 3 unspecified atom stereocenters. The SMILES string of the molecule is CCCC1CCC2CN(C)CC2N1C. The molecule has 0 spiro atoms. The lowest BCUT2D eigenvalue weighted by atomic mass is 9.86. The van der Waals surface area contributed by atoms with E-state index < -0.39 is 0 Å². The van der Waals surface area contributed by atoms with Crippen LogP contribution in [0.15, 0.2) is 0 Å². The molecule has 0 saturated carbocycles. The summed E-state index contributed by atoms with van der Waals surface area (Å²) in [5, 5.41) is 0. The Bertz CT molecular complexity index is 193. The summed E-state index contributed by atoms with van der Waals surface area (Å²) in [4.78, 5) is 5.17. The monoisotopic (exact) mass is 196 g/mol. The first kappa shape index (κ1) is 10.4. The van der Waals surface area contributed by atoms with Crippen LogP contribution in [-0.4, -0.2) is 49.1 Å². The van der Waals surface area contributed by atoms with Gasteiger partial charge in [-0.25, -0.2) is 0 Å². The molecule has 2 rings (SSSR count). The van der Waals surface area contributed by atoms with E-state index >= 15 is 0 Å². The summed E-state index contributed by atoms with van der Waals surface area (Å²) in [6.07, 6.45) is 5.62. The van der Waals surface area contributed by atoms with Gasteiger partial charge in [0.1, 0.15) is 0 Å². The predicted molar refractivity (Wildman–Crippen MR) is 60.5 cm³/mol. The van der Waals surface area contributed by atoms with E-state index in [1.54, 1.807) is 0 Å². The minimum atomic E-state index is 0.852. The quantitative estimate of drug-likeness (QED) is 0.664. The third-order valence-corrected chi connectivity index (χ3v) is 4.18. The third kappa shape index (κ3) is 1.82. The van der Waals surface area contributed by atoms with Crippen LogP contribution in [0.2, 0.25) is 0 Å². The smallest absolute Gasteiger partial charge is 0.0263 e. The largest absolute Gasteiger partial charge is 0.304 e. The summed E-state index contributed by atoms with van der Waals surface area (Å²) in [7, 11) is 4.61. The van der Waals surface area contributed by atoms with Gasteiger partial charge in [0.05, 0.1) is 0 Å². The van der Waals surface area contributed by atoms with Crippen molar-refractivity contribution in [3.8, 4) is 0 Å². The second-order valence-electron chi connectivity index (χ2n) is 5.23. The normalized spacial score (nSPS) is 40.1. The predicted octanol–water partition coefficient (Wildman–Crippen LogP) is 1.81. The van der Waals surface area contributed by atoms with Crippen molar-refractivity contribution in [2.45, 2.75) is 44.7 Å². The number of likely N-dealkylation sites (N-methyl/N-ethyl adjacent to an activating group) is 2. The van der Waals surface area contributed by atoms with Crippen molar-refractivity contribution in [1.82, 2.24) is 9.80 Å². The zero-order valence-corrected chi connectivity index (χ0v) is 9.87. The number of nitrogens with zero attached hydrogens (tertiary/aromatic N) is 2. The highest BCUT2D eigenvalue weighted by molar-refractivity contribution is 4.94. The van der Waals surface area contributed by atoms with Gasteiger partial charge in [-0.15, -0.1) is 0 Å². The molecule has 0 aromatic heterocycles. The van der Waals surface area contributed by atoms with E-state index in [1.165, 1.54) is 38.8 Å². The van der Waals surface area contributed by atoms with E-state index in [2.05, 4.69) is 30.8 Å². The number of fused-ring (bicyclic) bond motifs is 1. The zero-order valence-electron chi connectivity index (χ0n) is 9.87. The molecule has 0 aromatic carbocycles. The van der Waals surface area contributed by atoms with Crippen LogP contribution in [0.4, 0.5) is 0 Å². The van der Waals surface area contributed by atoms with E-state index in [0.29, 0.717) is 0 Å². The maximum Gasteiger partial charge on any atom is 0.0263 e. The lowest BCUT2D eigenvalue weighted by molar-refractivity contribution is 0.0864. The van der Waals surface area contributed by atoms with Crippen molar-refractivity contribution in [3.05, 3.63) is 0 Å². The van der Waals surface area contributed by atoms with Gasteiger partial charge in [0.15, 0.2) is 0 Å². The first-order chi connectivity index (χ1) is 6.72. The van der Waals surface area contributed by atoms with E-state index in [4.69, 9.17) is 0 Å². The van der Waals surface area contributed by atoms with Gasteiger partial charge in [0, 0.05) is 25.2 Å². The van der Waals surface area contributed by atoms with Crippen LogP contribution >= 0.6 is 0 Å². The molecule has 2 heteroatoms. The topological polar surface area (TPSA) is 6.48 Å². The minimum absolute atomic E-state index is 0.852. The molecule has 0 aromatic rings. The Morgan fingerprint density at radius 3 is 2.64 bits per heavy atom. The van der Waals surface area contributed by atoms with Crippen LogP contribution in [0.3, 0.4) is 0 Å². The number of rotatable bonds is 2. The Morgan fingerprint density at radius 1 is 1.14 bits per heavy atom. The Labute approximate surface area is 88.3 Å². The van der Waals surface area contributed by atoms with Crippen LogP contribution in [0.5, 0.6) is 0 Å². The molecular weight excluding hydrogens is 172 g/mol. The maximum absolute atomic E-state index is 2.67. The first-order valence-electron chi connectivity index (χ1n) is 6.12. The highest BCUT2D eigenvalue weighted by Crippen LogP contribution is 2.33. The van der Waals surface area contributed by atoms with Gasteiger partial charge in [-0.3, -0.25) is 4.90 Å². The van der Waals surface area contributed by atoms with Crippen LogP contribution < -0.4 is 0 Å². The third-order valence-electron chi connectivity index (χ3n) is 4.18. The van der Waals surface area contributed by atoms with Gasteiger partial charge >= 0.3 is 0 Å². The summed E-state index contributed by atoms with van der Waals surface area (Å²) < 4.78 is 0. The van der Waals surface area contributed by atoms with Gasteiger partial charge in [0.2, 0.25) is 0 Å². The molecule has 0 amide bonds. The number of likely N-dealkylation sites (tertiary alicyclic amines) is 2. The van der Waals surface area contributed by atoms with Crippen molar-refractivity contribution >= 4 is 0 Å². The van der Waals surface area contributed by atoms with Crippen LogP contribution in [-0.2, 0) is 0 Å². The Hall–Kier alpha value is -0.0800. The van der Waals surface area contributed by atoms with Crippen LogP contribution in [0.1, 0.15) is 32.6 Å². The lowest BCUT2D eigenvalue weighted by Crippen LogP contribution is -2.48. The van der Waals surface area contributed by atoms with Crippen LogP contribution in [0, 0.1) is 5.92 Å². The Kier molecular flexibility index (Phi) is 3.13. The Morgan fingerprint density at radius 2 is 1.93 bits per heavy atom. The highest BCUT2D eigenvalue weighted by Gasteiger charge is 2.39. The van der Waals surface area contributed by atoms with Crippen molar-refractivity contribution in [3.63, 3.8) is 0 Å². The molecule has 2 nitrogen and oxygen atoms in total. The van der Waals surface area contributed by atoms with Crippen molar-refractivity contribution in [2.75, 3.05) is 27.2 Å². The van der Waals surface area contributed by atoms with E-state index in [0.717, 1.165) is 18.0 Å². The summed E-state index contributed by atoms with van der Waals surface area (Å²) >= 11 is 0. The molecule has 0 radical (unpaired) electrons. The molecule has 0 bridgehead atoms. The number of hydrogen-bond donors (Lipinski definition) is 0.